The van der Waals surface area contributed by atoms with Gasteiger partial charge in [0.05, 0.1) is 92.9 Å². The molecule has 6 fully saturated rings. The van der Waals surface area contributed by atoms with E-state index in [2.05, 4.69) is 59.4 Å². The van der Waals surface area contributed by atoms with Crippen LogP contribution in [0.25, 0.3) is 0 Å². The van der Waals surface area contributed by atoms with E-state index in [0.717, 1.165) is 43.3 Å². The number of nitrogens with one attached hydrogen (secondary N) is 4. The molecule has 434 valence electrons. The van der Waals surface area contributed by atoms with Crippen LogP contribution in [0.15, 0.2) is 71.9 Å². The largest absolute Gasteiger partial charge is 0.459 e. The summed E-state index contributed by atoms with van der Waals surface area (Å²) in [5.74, 6) is -1.53. The third-order valence-electron chi connectivity index (χ3n) is 15.5. The topological polar surface area (TPSA) is 251 Å². The average Bonchev–Trinajstić information content (AvgIpc) is 4.38. The third-order valence-corrected chi connectivity index (χ3v) is 15.5. The lowest BCUT2D eigenvalue weighted by Gasteiger charge is -2.39. The molecule has 17 atom stereocenters. The minimum Gasteiger partial charge on any atom is -0.459 e. The Hall–Kier alpha value is -5.02. The van der Waals surface area contributed by atoms with Gasteiger partial charge in [-0.3, -0.25) is 28.8 Å². The minimum absolute atomic E-state index is 0.00847. The third kappa shape index (κ3) is 19.7. The summed E-state index contributed by atoms with van der Waals surface area (Å²) in [5.41, 5.74) is 1.07. The van der Waals surface area contributed by atoms with Gasteiger partial charge >= 0.3 is 11.9 Å². The summed E-state index contributed by atoms with van der Waals surface area (Å²) in [5, 5.41) is 22.8. The molecule has 6 heterocycles. The lowest BCUT2D eigenvalue weighted by molar-refractivity contribution is -0.147. The Morgan fingerprint density at radius 1 is 0.667 bits per heavy atom. The predicted octanol–water partition coefficient (Wildman–Crippen LogP) is 5.39. The molecule has 0 aromatic heterocycles. The molecule has 6 saturated heterocycles. The van der Waals surface area contributed by atoms with Crippen molar-refractivity contribution in [2.24, 2.45) is 11.8 Å². The number of epoxide rings is 2. The van der Waals surface area contributed by atoms with Crippen molar-refractivity contribution in [2.45, 2.75) is 224 Å². The zero-order valence-electron chi connectivity index (χ0n) is 47.5. The molecule has 0 saturated carbocycles. The molecule has 6 aliphatic rings. The zero-order valence-corrected chi connectivity index (χ0v) is 47.5. The monoisotopic (exact) mass is 1090 g/mol. The van der Waals surface area contributed by atoms with E-state index >= 15 is 0 Å². The van der Waals surface area contributed by atoms with Crippen molar-refractivity contribution in [1.82, 2.24) is 21.3 Å². The second-order valence-electron chi connectivity index (χ2n) is 22.6. The molecule has 6 rings (SSSR count). The van der Waals surface area contributed by atoms with Crippen LogP contribution in [0.5, 0.6) is 0 Å². The summed E-state index contributed by atoms with van der Waals surface area (Å²) in [4.78, 5) is 74.6. The Balaban J connectivity index is 0.852. The summed E-state index contributed by atoms with van der Waals surface area (Å²) in [7, 11) is 0. The van der Waals surface area contributed by atoms with Crippen LogP contribution < -0.4 is 21.3 Å². The van der Waals surface area contributed by atoms with Gasteiger partial charge in [0.25, 0.3) is 0 Å². The molecule has 0 bridgehead atoms. The number of amides is 4. The molecule has 0 aromatic rings. The van der Waals surface area contributed by atoms with Crippen LogP contribution in [-0.4, -0.2) is 157 Å². The Bertz CT molecular complexity index is 2270. The van der Waals surface area contributed by atoms with Crippen LogP contribution in [0.3, 0.4) is 0 Å². The summed E-state index contributed by atoms with van der Waals surface area (Å²) >= 11 is 0. The number of rotatable bonds is 24. The molecular weight excluding hydrogens is 1000 g/mol. The first-order chi connectivity index (χ1) is 37.0. The fourth-order valence-corrected chi connectivity index (χ4v) is 10.8. The summed E-state index contributed by atoms with van der Waals surface area (Å²) in [6.07, 6.45) is 18.6. The lowest BCUT2D eigenvalue weighted by atomic mass is 9.87. The van der Waals surface area contributed by atoms with E-state index in [0.29, 0.717) is 39.0 Å². The normalized spacial score (nSPS) is 34.9. The molecule has 5 N–H and O–H groups in total. The number of carbonyl (C=O) groups is 6. The van der Waals surface area contributed by atoms with Crippen LogP contribution in [-0.2, 0) is 66.7 Å². The highest BCUT2D eigenvalue weighted by atomic mass is 16.6. The highest BCUT2D eigenvalue weighted by Crippen LogP contribution is 2.44. The van der Waals surface area contributed by atoms with Gasteiger partial charge in [0.1, 0.15) is 30.0 Å². The number of aliphatic hydroxyl groups is 1. The van der Waals surface area contributed by atoms with E-state index in [1.807, 2.05) is 40.7 Å². The smallest absolute Gasteiger partial charge is 0.308 e. The Morgan fingerprint density at radius 3 is 1.72 bits per heavy atom. The second kappa shape index (κ2) is 28.9. The van der Waals surface area contributed by atoms with Gasteiger partial charge in [0.2, 0.25) is 23.6 Å². The van der Waals surface area contributed by atoms with E-state index in [-0.39, 0.29) is 109 Å². The van der Waals surface area contributed by atoms with Gasteiger partial charge in [-0.05, 0) is 98.1 Å². The van der Waals surface area contributed by atoms with Gasteiger partial charge in [-0.15, -0.1) is 0 Å². The molecule has 0 unspecified atom stereocenters. The van der Waals surface area contributed by atoms with Gasteiger partial charge in [0.15, 0.2) is 0 Å². The maximum absolute atomic E-state index is 13.0. The molecule has 2 spiro atoms. The van der Waals surface area contributed by atoms with Crippen molar-refractivity contribution in [3.63, 3.8) is 0 Å². The van der Waals surface area contributed by atoms with Gasteiger partial charge in [-0.1, -0.05) is 61.4 Å². The number of carbonyl (C=O) groups excluding carboxylic acids is 6. The van der Waals surface area contributed by atoms with Crippen LogP contribution in [0, 0.1) is 11.8 Å². The van der Waals surface area contributed by atoms with Crippen molar-refractivity contribution in [1.29, 1.82) is 0 Å². The van der Waals surface area contributed by atoms with Crippen LogP contribution >= 0.6 is 0 Å². The molecule has 6 aliphatic heterocycles. The molecular formula is C59H88N4O15. The van der Waals surface area contributed by atoms with Gasteiger partial charge in [0, 0.05) is 51.4 Å². The zero-order chi connectivity index (χ0) is 56.7. The van der Waals surface area contributed by atoms with E-state index in [1.54, 1.807) is 19.9 Å². The highest BCUT2D eigenvalue weighted by Gasteiger charge is 2.58. The van der Waals surface area contributed by atoms with E-state index in [1.165, 1.54) is 31.2 Å². The SMILES string of the molecule is CCNC(=O)C[C@@H]1C[C@@]2(CO2)C[C@@H](/C=C/C(C)=C/C[C@@H]2O[C@H](C)[C@H](NC(=O)/C=C\[C@H](C)OC(=O)CCNC(=O)C[C@@H]3C[C@@]4(CO4)[C@H](O)[C@@H](/C=C/C(C)=C/C[C@@H]4O[C@H](C)[C@H](NC(=O)/C=C\[C@H](C)OC(C)=O)C[C@@H]4C)O3)C[C@@H]2C)O1. The number of aliphatic hydroxyl groups excluding tert-OH is 1. The van der Waals surface area contributed by atoms with E-state index in [9.17, 15) is 33.9 Å². The van der Waals surface area contributed by atoms with Crippen LogP contribution in [0.4, 0.5) is 0 Å². The Labute approximate surface area is 461 Å². The molecule has 0 radical (unpaired) electrons. The molecule has 4 amide bonds. The van der Waals surface area contributed by atoms with Crippen molar-refractivity contribution >= 4 is 35.6 Å². The number of hydrogen-bond donors (Lipinski definition) is 5. The Morgan fingerprint density at radius 2 is 1.19 bits per heavy atom. The summed E-state index contributed by atoms with van der Waals surface area (Å²) in [6, 6.07) is -0.372. The second-order valence-corrected chi connectivity index (χ2v) is 22.6. The van der Waals surface area contributed by atoms with Crippen molar-refractivity contribution in [2.75, 3.05) is 26.3 Å². The van der Waals surface area contributed by atoms with Crippen molar-refractivity contribution in [3.8, 4) is 0 Å². The van der Waals surface area contributed by atoms with Crippen molar-refractivity contribution in [3.05, 3.63) is 71.9 Å². The molecule has 0 aromatic carbocycles. The van der Waals surface area contributed by atoms with Crippen molar-refractivity contribution < 1.29 is 71.8 Å². The molecule has 19 nitrogen and oxygen atoms in total. The van der Waals surface area contributed by atoms with E-state index < -0.39 is 48.1 Å². The summed E-state index contributed by atoms with van der Waals surface area (Å²) in [6.45, 7) is 20.4. The fourth-order valence-electron chi connectivity index (χ4n) is 10.8. The number of ether oxygens (including phenoxy) is 8. The van der Waals surface area contributed by atoms with Gasteiger partial charge in [-0.2, -0.15) is 0 Å². The standard InChI is InChI=1S/C59H88N4O15/c1-11-60-54(67)28-45-31-58(33-71-58)30-44(77-45)18-12-35(2)13-19-49-37(4)26-48(42(9)75-49)63-53(66)23-17-40(7)74-56(69)24-25-61-55(68)29-46-32-59(34-72-59)57(70)51(78-46)21-15-36(3)14-20-50-38(5)27-47(41(8)76-50)62-52(65)22-16-39(6)73-43(10)64/h12-18,21-23,37-42,44-51,57,70H,11,19-20,24-34H2,1-10H3,(H,60,67)(H,61,68)(H,62,65)(H,63,66)/b18-12+,21-15+,22-16-,23-17-,35-13+,36-14+/t37-,38-,39-,40-,41+,42+,44+,45+,46+,47+,48+,49-,50-,51+,57+,58+,59+/m0/s1. The Kier molecular flexibility index (Phi) is 23.1. The minimum atomic E-state index is -0.913. The first kappa shape index (κ1) is 62.2. The number of allylic oxidation sites excluding steroid dienone is 4. The van der Waals surface area contributed by atoms with E-state index in [4.69, 9.17) is 37.9 Å². The first-order valence-electron chi connectivity index (χ1n) is 28.2. The quantitative estimate of drug-likeness (QED) is 0.0352. The first-order valence-corrected chi connectivity index (χ1v) is 28.2. The molecule has 78 heavy (non-hydrogen) atoms. The number of esters is 2. The van der Waals surface area contributed by atoms with Crippen LogP contribution in [0.1, 0.15) is 133 Å². The van der Waals surface area contributed by atoms with Gasteiger partial charge in [-0.25, -0.2) is 0 Å². The predicted molar refractivity (Wildman–Crippen MR) is 290 cm³/mol. The maximum atomic E-state index is 13.0. The highest BCUT2D eigenvalue weighted by molar-refractivity contribution is 5.88. The lowest BCUT2D eigenvalue weighted by Crippen LogP contribution is -2.51. The summed E-state index contributed by atoms with van der Waals surface area (Å²) < 4.78 is 47.2. The molecule has 19 heteroatoms. The van der Waals surface area contributed by atoms with Gasteiger partial charge < -0.3 is 64.3 Å². The number of hydrogen-bond acceptors (Lipinski definition) is 15. The fraction of sp³-hybridized carbons (Fsp3) is 0.695. The average molecular weight is 1090 g/mol. The van der Waals surface area contributed by atoms with Crippen LogP contribution in [0.2, 0.25) is 0 Å². The maximum Gasteiger partial charge on any atom is 0.308 e. The molecule has 0 aliphatic carbocycles.